The number of hydrogen-bond acceptors (Lipinski definition) is 2. The zero-order valence-electron chi connectivity index (χ0n) is 10.5. The number of benzene rings is 2. The van der Waals surface area contributed by atoms with Gasteiger partial charge in [-0.15, -0.1) is 0 Å². The van der Waals surface area contributed by atoms with Crippen LogP contribution in [0.15, 0.2) is 36.4 Å². The lowest BCUT2D eigenvalue weighted by Gasteiger charge is -2.16. The number of anilines is 1. The number of alkyl halides is 3. The van der Waals surface area contributed by atoms with Gasteiger partial charge >= 0.3 is 6.18 Å². The van der Waals surface area contributed by atoms with E-state index in [4.69, 9.17) is 11.6 Å². The molecule has 2 rings (SSSR count). The van der Waals surface area contributed by atoms with E-state index >= 15 is 0 Å². The predicted molar refractivity (Wildman–Crippen MR) is 71.8 cm³/mol. The second-order valence-electron chi connectivity index (χ2n) is 4.33. The van der Waals surface area contributed by atoms with Crippen LogP contribution < -0.4 is 5.32 Å². The van der Waals surface area contributed by atoms with Crippen LogP contribution >= 0.6 is 11.6 Å². The number of nitrogens with one attached hydrogen (secondary N) is 1. The highest BCUT2D eigenvalue weighted by molar-refractivity contribution is 6.33. The average Bonchev–Trinajstić information content (AvgIpc) is 2.34. The van der Waals surface area contributed by atoms with Crippen LogP contribution in [0.1, 0.15) is 11.1 Å². The number of phenols is 1. The van der Waals surface area contributed by atoms with Gasteiger partial charge in [-0.1, -0.05) is 17.7 Å². The maximum Gasteiger partial charge on any atom is 0.418 e. The van der Waals surface area contributed by atoms with Crippen LogP contribution in [-0.4, -0.2) is 5.11 Å². The Morgan fingerprint density at radius 3 is 2.48 bits per heavy atom. The lowest BCUT2D eigenvalue weighted by atomic mass is 10.1. The largest absolute Gasteiger partial charge is 0.508 e. The zero-order valence-corrected chi connectivity index (χ0v) is 11.3. The summed E-state index contributed by atoms with van der Waals surface area (Å²) in [4.78, 5) is 0. The molecule has 0 fully saturated rings. The normalized spacial score (nSPS) is 11.5. The highest BCUT2D eigenvalue weighted by Crippen LogP contribution is 2.38. The summed E-state index contributed by atoms with van der Waals surface area (Å²) < 4.78 is 51.8. The molecule has 0 amide bonds. The van der Waals surface area contributed by atoms with E-state index < -0.39 is 17.6 Å². The summed E-state index contributed by atoms with van der Waals surface area (Å²) >= 11 is 5.78. The van der Waals surface area contributed by atoms with Gasteiger partial charge in [-0.2, -0.15) is 13.2 Å². The van der Waals surface area contributed by atoms with Crippen molar-refractivity contribution in [3.8, 4) is 5.75 Å². The molecule has 0 unspecified atom stereocenters. The first-order chi connectivity index (χ1) is 9.77. The fourth-order valence-electron chi connectivity index (χ4n) is 1.87. The Hall–Kier alpha value is -1.95. The number of rotatable bonds is 3. The Morgan fingerprint density at radius 1 is 1.14 bits per heavy atom. The summed E-state index contributed by atoms with van der Waals surface area (Å²) in [5.41, 5.74) is -0.897. The van der Waals surface area contributed by atoms with Gasteiger partial charge in [0, 0.05) is 12.6 Å². The van der Waals surface area contributed by atoms with Crippen molar-refractivity contribution >= 4 is 17.3 Å². The van der Waals surface area contributed by atoms with Crippen LogP contribution in [-0.2, 0) is 12.7 Å². The second kappa shape index (κ2) is 5.81. The first-order valence-corrected chi connectivity index (χ1v) is 6.23. The van der Waals surface area contributed by atoms with Crippen LogP contribution in [0, 0.1) is 5.82 Å². The summed E-state index contributed by atoms with van der Waals surface area (Å²) in [7, 11) is 0. The summed E-state index contributed by atoms with van der Waals surface area (Å²) in [5, 5.41) is 11.7. The van der Waals surface area contributed by atoms with Crippen molar-refractivity contribution in [2.45, 2.75) is 12.7 Å². The molecule has 0 aliphatic heterocycles. The van der Waals surface area contributed by atoms with Gasteiger partial charge in [-0.25, -0.2) is 4.39 Å². The van der Waals surface area contributed by atoms with Gasteiger partial charge in [-0.05, 0) is 29.8 Å². The molecule has 112 valence electrons. The van der Waals surface area contributed by atoms with Gasteiger partial charge in [0.15, 0.2) is 0 Å². The Bertz CT molecular complexity index is 638. The van der Waals surface area contributed by atoms with Gasteiger partial charge in [0.1, 0.15) is 11.6 Å². The molecule has 0 saturated carbocycles. The molecule has 2 aromatic rings. The molecule has 2 N–H and O–H groups in total. The Labute approximate surface area is 123 Å². The van der Waals surface area contributed by atoms with E-state index in [0.717, 1.165) is 18.2 Å². The minimum atomic E-state index is -4.56. The van der Waals surface area contributed by atoms with Crippen molar-refractivity contribution in [1.29, 1.82) is 0 Å². The van der Waals surface area contributed by atoms with Crippen molar-refractivity contribution in [3.05, 3.63) is 58.4 Å². The smallest absolute Gasteiger partial charge is 0.418 e. The first kappa shape index (κ1) is 15.4. The van der Waals surface area contributed by atoms with E-state index in [-0.39, 0.29) is 23.0 Å². The lowest BCUT2D eigenvalue weighted by Crippen LogP contribution is -2.11. The van der Waals surface area contributed by atoms with Gasteiger partial charge in [0.25, 0.3) is 0 Å². The van der Waals surface area contributed by atoms with E-state index in [1.165, 1.54) is 18.2 Å². The van der Waals surface area contributed by atoms with Crippen molar-refractivity contribution in [2.24, 2.45) is 0 Å². The van der Waals surface area contributed by atoms with Gasteiger partial charge < -0.3 is 10.4 Å². The molecule has 0 heterocycles. The molecule has 21 heavy (non-hydrogen) atoms. The van der Waals surface area contributed by atoms with Crippen LogP contribution in [0.5, 0.6) is 5.75 Å². The van der Waals surface area contributed by atoms with E-state index in [9.17, 15) is 22.7 Å². The summed E-state index contributed by atoms with van der Waals surface area (Å²) in [5.74, 6) is -0.982. The third kappa shape index (κ3) is 3.78. The van der Waals surface area contributed by atoms with Crippen molar-refractivity contribution < 1.29 is 22.7 Å². The Balaban J connectivity index is 2.28. The van der Waals surface area contributed by atoms with Gasteiger partial charge in [0.05, 0.1) is 16.3 Å². The minimum Gasteiger partial charge on any atom is -0.508 e. The maximum absolute atomic E-state index is 13.1. The minimum absolute atomic E-state index is 0.0922. The molecular weight excluding hydrogens is 310 g/mol. The summed E-state index contributed by atoms with van der Waals surface area (Å²) in [6.07, 6.45) is -4.56. The molecular formula is C14H10ClF4NO. The zero-order chi connectivity index (χ0) is 15.6. The SMILES string of the molecule is Oc1cc(F)cc(CNc2c(Cl)cccc2C(F)(F)F)c1. The highest BCUT2D eigenvalue weighted by atomic mass is 35.5. The fourth-order valence-corrected chi connectivity index (χ4v) is 2.11. The molecule has 0 aliphatic rings. The molecule has 2 aromatic carbocycles. The van der Waals surface area contributed by atoms with E-state index in [0.29, 0.717) is 5.56 Å². The van der Waals surface area contributed by atoms with Crippen LogP contribution in [0.4, 0.5) is 23.2 Å². The molecule has 0 radical (unpaired) electrons. The maximum atomic E-state index is 13.1. The predicted octanol–water partition coefficient (Wildman–Crippen LogP) is 4.82. The molecule has 2 nitrogen and oxygen atoms in total. The molecule has 0 aliphatic carbocycles. The second-order valence-corrected chi connectivity index (χ2v) is 4.74. The van der Waals surface area contributed by atoms with Crippen LogP contribution in [0.2, 0.25) is 5.02 Å². The lowest BCUT2D eigenvalue weighted by molar-refractivity contribution is -0.136. The number of hydrogen-bond donors (Lipinski definition) is 2. The van der Waals surface area contributed by atoms with Crippen molar-refractivity contribution in [3.63, 3.8) is 0 Å². The number of aromatic hydroxyl groups is 1. The molecule has 7 heteroatoms. The van der Waals surface area contributed by atoms with Crippen LogP contribution in [0.25, 0.3) is 0 Å². The molecule has 0 spiro atoms. The third-order valence-corrected chi connectivity index (χ3v) is 3.05. The average molecular weight is 320 g/mol. The molecule has 0 bridgehead atoms. The Morgan fingerprint density at radius 2 is 1.86 bits per heavy atom. The first-order valence-electron chi connectivity index (χ1n) is 5.85. The monoisotopic (exact) mass is 319 g/mol. The van der Waals surface area contributed by atoms with E-state index in [1.54, 1.807) is 0 Å². The van der Waals surface area contributed by atoms with Crippen molar-refractivity contribution in [1.82, 2.24) is 0 Å². The number of para-hydroxylation sites is 1. The molecule has 0 saturated heterocycles. The standard InChI is InChI=1S/C14H10ClF4NO/c15-12-3-1-2-11(14(17,18)19)13(12)20-7-8-4-9(16)6-10(21)5-8/h1-6,20-21H,7H2. The fraction of sp³-hybridized carbons (Fsp3) is 0.143. The Kier molecular flexibility index (Phi) is 4.27. The highest BCUT2D eigenvalue weighted by Gasteiger charge is 2.34. The van der Waals surface area contributed by atoms with Crippen LogP contribution in [0.3, 0.4) is 0 Å². The van der Waals surface area contributed by atoms with E-state index in [1.807, 2.05) is 0 Å². The van der Waals surface area contributed by atoms with Crippen molar-refractivity contribution in [2.75, 3.05) is 5.32 Å². The summed E-state index contributed by atoms with van der Waals surface area (Å²) in [6, 6.07) is 6.68. The molecule has 0 atom stereocenters. The quantitative estimate of drug-likeness (QED) is 0.795. The van der Waals surface area contributed by atoms with Gasteiger partial charge in [-0.3, -0.25) is 0 Å². The summed E-state index contributed by atoms with van der Waals surface area (Å²) in [6.45, 7) is -0.113. The topological polar surface area (TPSA) is 32.3 Å². The molecule has 0 aromatic heterocycles. The third-order valence-electron chi connectivity index (χ3n) is 2.73. The number of phenolic OH excluding ortho intramolecular Hbond substituents is 1. The van der Waals surface area contributed by atoms with E-state index in [2.05, 4.69) is 5.32 Å². The number of halogens is 5. The van der Waals surface area contributed by atoms with Gasteiger partial charge in [0.2, 0.25) is 0 Å².